The number of hydrogen-bond acceptors (Lipinski definition) is 2. The fourth-order valence-electron chi connectivity index (χ4n) is 1.93. The molecule has 0 aliphatic heterocycles. The number of nitrogen functional groups attached to an aromatic ring is 1. The quantitative estimate of drug-likeness (QED) is 0.777. The van der Waals surface area contributed by atoms with E-state index in [9.17, 15) is 0 Å². The Morgan fingerprint density at radius 1 is 1.11 bits per heavy atom. The minimum atomic E-state index is 0.163. The monoisotopic (exact) mass is 294 g/mol. The molecule has 2 aromatic rings. The van der Waals surface area contributed by atoms with Crippen molar-refractivity contribution in [3.63, 3.8) is 0 Å². The highest BCUT2D eigenvalue weighted by molar-refractivity contribution is 6.33. The van der Waals surface area contributed by atoms with Crippen molar-refractivity contribution in [1.82, 2.24) is 0 Å². The molecule has 1 unspecified atom stereocenters. The van der Waals surface area contributed by atoms with Gasteiger partial charge >= 0.3 is 0 Å². The van der Waals surface area contributed by atoms with Gasteiger partial charge < -0.3 is 11.1 Å². The molecule has 0 saturated carbocycles. The van der Waals surface area contributed by atoms with Gasteiger partial charge in [0, 0.05) is 16.8 Å². The molecule has 0 aromatic heterocycles. The summed E-state index contributed by atoms with van der Waals surface area (Å²) in [4.78, 5) is 0. The fraction of sp³-hybridized carbons (Fsp3) is 0.200. The highest BCUT2D eigenvalue weighted by atomic mass is 35.5. The molecule has 2 aromatic carbocycles. The van der Waals surface area contributed by atoms with Gasteiger partial charge in [0.2, 0.25) is 0 Å². The van der Waals surface area contributed by atoms with Crippen LogP contribution in [0.2, 0.25) is 10.0 Å². The van der Waals surface area contributed by atoms with Crippen LogP contribution in [0.3, 0.4) is 0 Å². The number of nitrogens with two attached hydrogens (primary N) is 1. The van der Waals surface area contributed by atoms with Gasteiger partial charge in [-0.15, -0.1) is 0 Å². The summed E-state index contributed by atoms with van der Waals surface area (Å²) in [5.74, 6) is 0. The van der Waals surface area contributed by atoms with E-state index in [1.807, 2.05) is 43.3 Å². The van der Waals surface area contributed by atoms with E-state index in [0.29, 0.717) is 10.7 Å². The average Bonchev–Trinajstić information content (AvgIpc) is 2.36. The first-order valence-electron chi connectivity index (χ1n) is 6.05. The second-order valence-corrected chi connectivity index (χ2v) is 5.45. The summed E-state index contributed by atoms with van der Waals surface area (Å²) in [7, 11) is 0. The lowest BCUT2D eigenvalue weighted by molar-refractivity contribution is 0.883. The largest absolute Gasteiger partial charge is 0.398 e. The first kappa shape index (κ1) is 14.0. The SMILES string of the molecule is Cc1cc(N)c(Cl)cc1NC(C)c1ccc(Cl)cc1. The minimum absolute atomic E-state index is 0.163. The third-order valence-corrected chi connectivity index (χ3v) is 3.67. The summed E-state index contributed by atoms with van der Waals surface area (Å²) in [6, 6.07) is 11.7. The molecule has 19 heavy (non-hydrogen) atoms. The lowest BCUT2D eigenvalue weighted by atomic mass is 10.1. The number of nitrogens with one attached hydrogen (secondary N) is 1. The molecule has 0 spiro atoms. The van der Waals surface area contributed by atoms with Gasteiger partial charge in [-0.3, -0.25) is 0 Å². The lowest BCUT2D eigenvalue weighted by Crippen LogP contribution is -2.08. The van der Waals surface area contributed by atoms with E-state index in [-0.39, 0.29) is 6.04 Å². The predicted octanol–water partition coefficient (Wildman–Crippen LogP) is 5.06. The summed E-state index contributed by atoms with van der Waals surface area (Å²) >= 11 is 11.9. The Morgan fingerprint density at radius 3 is 2.37 bits per heavy atom. The molecule has 0 bridgehead atoms. The number of benzene rings is 2. The smallest absolute Gasteiger partial charge is 0.0656 e. The Labute approximate surface area is 123 Å². The molecule has 0 amide bonds. The number of hydrogen-bond donors (Lipinski definition) is 2. The lowest BCUT2D eigenvalue weighted by Gasteiger charge is -2.18. The van der Waals surface area contributed by atoms with E-state index in [1.54, 1.807) is 0 Å². The van der Waals surface area contributed by atoms with Gasteiger partial charge in [0.25, 0.3) is 0 Å². The van der Waals surface area contributed by atoms with Crippen LogP contribution >= 0.6 is 23.2 Å². The standard InChI is InChI=1S/C15H16Cl2N2/c1-9-7-14(18)13(17)8-15(9)19-10(2)11-3-5-12(16)6-4-11/h3-8,10,19H,18H2,1-2H3. The third-order valence-electron chi connectivity index (χ3n) is 3.09. The highest BCUT2D eigenvalue weighted by Crippen LogP contribution is 2.29. The Bertz CT molecular complexity index is 579. The van der Waals surface area contributed by atoms with Crippen LogP contribution in [0, 0.1) is 6.92 Å². The summed E-state index contributed by atoms with van der Waals surface area (Å²) in [5, 5.41) is 4.74. The Kier molecular flexibility index (Phi) is 4.23. The number of halogens is 2. The van der Waals surface area contributed by atoms with Crippen LogP contribution < -0.4 is 11.1 Å². The van der Waals surface area contributed by atoms with Crippen molar-refractivity contribution < 1.29 is 0 Å². The van der Waals surface area contributed by atoms with E-state index in [1.165, 1.54) is 0 Å². The van der Waals surface area contributed by atoms with Crippen LogP contribution in [0.15, 0.2) is 36.4 Å². The van der Waals surface area contributed by atoms with Gasteiger partial charge in [0.1, 0.15) is 0 Å². The molecule has 4 heteroatoms. The summed E-state index contributed by atoms with van der Waals surface area (Å²) < 4.78 is 0. The molecule has 3 N–H and O–H groups in total. The van der Waals surface area contributed by atoms with Gasteiger partial charge in [-0.05, 0) is 49.2 Å². The molecule has 2 rings (SSSR count). The maximum atomic E-state index is 6.05. The van der Waals surface area contributed by atoms with Crippen molar-refractivity contribution in [1.29, 1.82) is 0 Å². The van der Waals surface area contributed by atoms with Gasteiger partial charge in [-0.1, -0.05) is 35.3 Å². The molecule has 0 radical (unpaired) electrons. The molecule has 1 atom stereocenters. The molecule has 100 valence electrons. The van der Waals surface area contributed by atoms with Crippen LogP contribution in [0.5, 0.6) is 0 Å². The zero-order chi connectivity index (χ0) is 14.0. The van der Waals surface area contributed by atoms with Crippen LogP contribution in [0.25, 0.3) is 0 Å². The predicted molar refractivity (Wildman–Crippen MR) is 84.1 cm³/mol. The highest BCUT2D eigenvalue weighted by Gasteiger charge is 2.09. The van der Waals surface area contributed by atoms with Crippen molar-refractivity contribution in [3.05, 3.63) is 57.6 Å². The molecule has 0 aliphatic rings. The Morgan fingerprint density at radius 2 is 1.74 bits per heavy atom. The third kappa shape index (κ3) is 3.34. The molecular weight excluding hydrogens is 279 g/mol. The fourth-order valence-corrected chi connectivity index (χ4v) is 2.22. The molecular formula is C15H16Cl2N2. The number of rotatable bonds is 3. The topological polar surface area (TPSA) is 38.0 Å². The van der Waals surface area contributed by atoms with Crippen LogP contribution in [-0.2, 0) is 0 Å². The van der Waals surface area contributed by atoms with Crippen molar-refractivity contribution in [3.8, 4) is 0 Å². The zero-order valence-electron chi connectivity index (χ0n) is 10.9. The van der Waals surface area contributed by atoms with Crippen LogP contribution in [0.1, 0.15) is 24.1 Å². The van der Waals surface area contributed by atoms with E-state index < -0.39 is 0 Å². The second kappa shape index (κ2) is 5.72. The normalized spacial score (nSPS) is 12.2. The summed E-state index contributed by atoms with van der Waals surface area (Å²) in [5.41, 5.74) is 9.60. The van der Waals surface area contributed by atoms with Crippen molar-refractivity contribution in [2.75, 3.05) is 11.1 Å². The minimum Gasteiger partial charge on any atom is -0.398 e. The number of anilines is 2. The summed E-state index contributed by atoms with van der Waals surface area (Å²) in [6.07, 6.45) is 0. The van der Waals surface area contributed by atoms with Gasteiger partial charge in [0.15, 0.2) is 0 Å². The molecule has 0 fully saturated rings. The number of aryl methyl sites for hydroxylation is 1. The van der Waals surface area contributed by atoms with E-state index in [4.69, 9.17) is 28.9 Å². The maximum Gasteiger partial charge on any atom is 0.0656 e. The Balaban J connectivity index is 2.21. The van der Waals surface area contributed by atoms with Crippen molar-refractivity contribution in [2.24, 2.45) is 0 Å². The zero-order valence-corrected chi connectivity index (χ0v) is 12.4. The molecule has 0 heterocycles. The first-order valence-corrected chi connectivity index (χ1v) is 6.80. The molecule has 2 nitrogen and oxygen atoms in total. The van der Waals surface area contributed by atoms with E-state index >= 15 is 0 Å². The second-order valence-electron chi connectivity index (χ2n) is 4.61. The molecule has 0 aliphatic carbocycles. The first-order chi connectivity index (χ1) is 8.97. The van der Waals surface area contributed by atoms with E-state index in [0.717, 1.165) is 21.8 Å². The van der Waals surface area contributed by atoms with Crippen LogP contribution in [0.4, 0.5) is 11.4 Å². The molecule has 0 saturated heterocycles. The van der Waals surface area contributed by atoms with Crippen LogP contribution in [-0.4, -0.2) is 0 Å². The van der Waals surface area contributed by atoms with Gasteiger partial charge in [-0.25, -0.2) is 0 Å². The Hall–Kier alpha value is -1.38. The average molecular weight is 295 g/mol. The van der Waals surface area contributed by atoms with Gasteiger partial charge in [-0.2, -0.15) is 0 Å². The van der Waals surface area contributed by atoms with Crippen molar-refractivity contribution in [2.45, 2.75) is 19.9 Å². The van der Waals surface area contributed by atoms with Crippen molar-refractivity contribution >= 4 is 34.6 Å². The van der Waals surface area contributed by atoms with Gasteiger partial charge in [0.05, 0.1) is 10.7 Å². The van der Waals surface area contributed by atoms with E-state index in [2.05, 4.69) is 12.2 Å². The maximum absolute atomic E-state index is 6.05. The summed E-state index contributed by atoms with van der Waals surface area (Å²) in [6.45, 7) is 4.09.